The highest BCUT2D eigenvalue weighted by Crippen LogP contribution is 2.20. The molecule has 6 nitrogen and oxygen atoms in total. The number of hydrogen-bond donors (Lipinski definition) is 1. The maximum absolute atomic E-state index is 11.0. The van der Waals surface area contributed by atoms with Crippen LogP contribution < -0.4 is 0 Å². The van der Waals surface area contributed by atoms with E-state index in [1.165, 1.54) is 205 Å². The van der Waals surface area contributed by atoms with Crippen LogP contribution in [0.25, 0.3) is 0 Å². The molecule has 0 saturated carbocycles. The summed E-state index contributed by atoms with van der Waals surface area (Å²) in [5.41, 5.74) is -0.634. The SMILES string of the molecule is CCCCCCCCCCCCCCCCCCN(CCCCCCCCCCCCCCCCCC)C(C)(O)CC.COS(=O)(=O)OC. The van der Waals surface area contributed by atoms with Gasteiger partial charge in [-0.05, 0) is 26.2 Å². The molecule has 0 aromatic rings. The molecule has 0 aromatic heterocycles. The van der Waals surface area contributed by atoms with Gasteiger partial charge in [-0.15, -0.1) is 0 Å². The Balaban J connectivity index is 0. The van der Waals surface area contributed by atoms with E-state index < -0.39 is 16.1 Å². The number of rotatable bonds is 38. The first-order valence-corrected chi connectivity index (χ1v) is 22.9. The molecular formula is C42H89NO5S. The van der Waals surface area contributed by atoms with E-state index in [2.05, 4.69) is 34.0 Å². The zero-order valence-electron chi connectivity index (χ0n) is 34.2. The maximum Gasteiger partial charge on any atom is 0.399 e. The Labute approximate surface area is 309 Å². The van der Waals surface area contributed by atoms with Crippen LogP contribution in [-0.4, -0.2) is 51.5 Å². The normalized spacial score (nSPS) is 13.1. The lowest BCUT2D eigenvalue weighted by atomic mass is 10.0. The molecule has 0 heterocycles. The Bertz CT molecular complexity index is 685. The molecule has 0 aliphatic rings. The summed E-state index contributed by atoms with van der Waals surface area (Å²) in [5.74, 6) is 0. The van der Waals surface area contributed by atoms with E-state index in [9.17, 15) is 13.5 Å². The molecule has 0 aliphatic heterocycles. The van der Waals surface area contributed by atoms with Gasteiger partial charge in [-0.25, -0.2) is 0 Å². The minimum absolute atomic E-state index is 0.634. The average molecular weight is 720 g/mol. The minimum Gasteiger partial charge on any atom is -0.376 e. The van der Waals surface area contributed by atoms with Crippen molar-refractivity contribution >= 4 is 10.4 Å². The molecule has 7 heteroatoms. The van der Waals surface area contributed by atoms with E-state index in [4.69, 9.17) is 0 Å². The molecule has 0 saturated heterocycles. The first-order chi connectivity index (χ1) is 23.7. The quantitative estimate of drug-likeness (QED) is 0.0506. The van der Waals surface area contributed by atoms with Crippen molar-refractivity contribution in [2.45, 2.75) is 245 Å². The van der Waals surface area contributed by atoms with Crippen LogP contribution in [0.5, 0.6) is 0 Å². The first-order valence-electron chi connectivity index (χ1n) is 21.5. The van der Waals surface area contributed by atoms with Crippen LogP contribution in [0.4, 0.5) is 0 Å². The molecule has 0 fully saturated rings. The van der Waals surface area contributed by atoms with Crippen molar-refractivity contribution in [2.75, 3.05) is 27.3 Å². The maximum atomic E-state index is 11.0. The monoisotopic (exact) mass is 720 g/mol. The van der Waals surface area contributed by atoms with Crippen molar-refractivity contribution < 1.29 is 21.9 Å². The van der Waals surface area contributed by atoms with E-state index in [0.717, 1.165) is 33.7 Å². The summed E-state index contributed by atoms with van der Waals surface area (Å²) in [4.78, 5) is 2.39. The van der Waals surface area contributed by atoms with Gasteiger partial charge in [-0.3, -0.25) is 13.3 Å². The highest BCUT2D eigenvalue weighted by atomic mass is 32.3. The molecule has 0 aromatic carbocycles. The van der Waals surface area contributed by atoms with Crippen molar-refractivity contribution in [3.05, 3.63) is 0 Å². The number of nitrogens with zero attached hydrogens (tertiary/aromatic N) is 1. The lowest BCUT2D eigenvalue weighted by Crippen LogP contribution is -2.46. The molecule has 0 rings (SSSR count). The second kappa shape index (κ2) is 39.0. The van der Waals surface area contributed by atoms with Gasteiger partial charge in [-0.1, -0.05) is 213 Å². The molecule has 298 valence electrons. The smallest absolute Gasteiger partial charge is 0.376 e. The van der Waals surface area contributed by atoms with Gasteiger partial charge in [0.25, 0.3) is 0 Å². The molecule has 0 aliphatic carbocycles. The molecule has 49 heavy (non-hydrogen) atoms. The predicted molar refractivity (Wildman–Crippen MR) is 215 cm³/mol. The van der Waals surface area contributed by atoms with E-state index in [-0.39, 0.29) is 0 Å². The second-order valence-electron chi connectivity index (χ2n) is 14.9. The summed E-state index contributed by atoms with van der Waals surface area (Å²) in [6, 6.07) is 0. The third-order valence-electron chi connectivity index (χ3n) is 10.3. The zero-order valence-corrected chi connectivity index (χ0v) is 35.0. The van der Waals surface area contributed by atoms with Crippen LogP contribution >= 0.6 is 0 Å². The second-order valence-corrected chi connectivity index (χ2v) is 16.4. The Kier molecular flexibility index (Phi) is 40.5. The summed E-state index contributed by atoms with van der Waals surface area (Å²) in [7, 11) is -1.60. The Morgan fingerprint density at radius 2 is 0.633 bits per heavy atom. The van der Waals surface area contributed by atoms with Crippen molar-refractivity contribution in [2.24, 2.45) is 0 Å². The zero-order chi connectivity index (χ0) is 36.7. The van der Waals surface area contributed by atoms with Crippen molar-refractivity contribution in [1.29, 1.82) is 0 Å². The third kappa shape index (κ3) is 38.8. The van der Waals surface area contributed by atoms with Crippen LogP contribution in [0.1, 0.15) is 240 Å². The van der Waals surface area contributed by atoms with E-state index in [1.54, 1.807) is 0 Å². The van der Waals surface area contributed by atoms with Crippen LogP contribution in [0.2, 0.25) is 0 Å². The predicted octanol–water partition coefficient (Wildman–Crippen LogP) is 13.5. The number of unbranched alkanes of at least 4 members (excludes halogenated alkanes) is 30. The first kappa shape index (κ1) is 50.9. The Morgan fingerprint density at radius 1 is 0.429 bits per heavy atom. The summed E-state index contributed by atoms with van der Waals surface area (Å²) < 4.78 is 27.5. The average Bonchev–Trinajstić information content (AvgIpc) is 3.10. The topological polar surface area (TPSA) is 76.1 Å². The van der Waals surface area contributed by atoms with E-state index in [1.807, 2.05) is 6.92 Å². The standard InChI is InChI=1S/C40H83NO.C2H6O4S/c1-5-8-10-12-14-16-18-20-22-24-26-28-30-32-34-36-38-41(40(4,42)7-3)39-37-35-33-31-29-27-25-23-21-19-17-15-13-11-9-6-2;1-5-7(3,4)6-2/h42H,5-39H2,1-4H3;1-2H3. The third-order valence-corrected chi connectivity index (χ3v) is 11.1. The lowest BCUT2D eigenvalue weighted by Gasteiger charge is -2.36. The number of hydrogen-bond acceptors (Lipinski definition) is 6. The van der Waals surface area contributed by atoms with Crippen LogP contribution in [0.15, 0.2) is 0 Å². The molecular weight excluding hydrogens is 631 g/mol. The van der Waals surface area contributed by atoms with Crippen LogP contribution in [0, 0.1) is 0 Å². The summed E-state index contributed by atoms with van der Waals surface area (Å²) in [6.07, 6.45) is 46.1. The molecule has 1 atom stereocenters. The fraction of sp³-hybridized carbons (Fsp3) is 1.00. The van der Waals surface area contributed by atoms with Gasteiger partial charge in [0, 0.05) is 13.1 Å². The van der Waals surface area contributed by atoms with Gasteiger partial charge >= 0.3 is 10.4 Å². The van der Waals surface area contributed by atoms with Gasteiger partial charge in [0.05, 0.1) is 14.2 Å². The van der Waals surface area contributed by atoms with E-state index >= 15 is 0 Å². The molecule has 0 amide bonds. The fourth-order valence-corrected chi connectivity index (χ4v) is 6.72. The van der Waals surface area contributed by atoms with Gasteiger partial charge in [0.2, 0.25) is 0 Å². The van der Waals surface area contributed by atoms with Crippen molar-refractivity contribution in [3.8, 4) is 0 Å². The molecule has 0 spiro atoms. The van der Waals surface area contributed by atoms with Gasteiger partial charge in [0.15, 0.2) is 0 Å². The Morgan fingerprint density at radius 3 is 0.796 bits per heavy atom. The minimum atomic E-state index is -3.66. The molecule has 0 bridgehead atoms. The summed E-state index contributed by atoms with van der Waals surface area (Å²) >= 11 is 0. The highest BCUT2D eigenvalue weighted by molar-refractivity contribution is 7.81. The van der Waals surface area contributed by atoms with Crippen molar-refractivity contribution in [1.82, 2.24) is 4.90 Å². The summed E-state index contributed by atoms with van der Waals surface area (Å²) in [6.45, 7) is 10.9. The van der Waals surface area contributed by atoms with Gasteiger partial charge < -0.3 is 5.11 Å². The largest absolute Gasteiger partial charge is 0.399 e. The summed E-state index contributed by atoms with van der Waals surface area (Å²) in [5, 5.41) is 11.0. The lowest BCUT2D eigenvalue weighted by molar-refractivity contribution is -0.0974. The van der Waals surface area contributed by atoms with Crippen molar-refractivity contribution in [3.63, 3.8) is 0 Å². The van der Waals surface area contributed by atoms with Gasteiger partial charge in [0.1, 0.15) is 5.72 Å². The van der Waals surface area contributed by atoms with Crippen LogP contribution in [0.3, 0.4) is 0 Å². The fourth-order valence-electron chi connectivity index (χ4n) is 6.59. The molecule has 1 unspecified atom stereocenters. The molecule has 0 radical (unpaired) electrons. The Hall–Kier alpha value is -0.210. The van der Waals surface area contributed by atoms with E-state index in [0.29, 0.717) is 0 Å². The molecule has 1 N–H and O–H groups in total. The van der Waals surface area contributed by atoms with Crippen LogP contribution in [-0.2, 0) is 18.8 Å². The number of aliphatic hydroxyl groups is 1. The van der Waals surface area contributed by atoms with Gasteiger partial charge in [-0.2, -0.15) is 8.42 Å². The highest BCUT2D eigenvalue weighted by Gasteiger charge is 2.25.